The first-order valence-electron chi connectivity index (χ1n) is 7.50. The van der Waals surface area contributed by atoms with Gasteiger partial charge in [-0.25, -0.2) is 0 Å². The minimum absolute atomic E-state index is 0.232. The number of aromatic nitrogens is 2. The summed E-state index contributed by atoms with van der Waals surface area (Å²) in [7, 11) is 1.82. The summed E-state index contributed by atoms with van der Waals surface area (Å²) in [6.45, 7) is 5.95. The van der Waals surface area contributed by atoms with Crippen LogP contribution in [0.15, 0.2) is 16.7 Å². The van der Waals surface area contributed by atoms with E-state index in [4.69, 9.17) is 4.42 Å². The molecule has 1 N–H and O–H groups in total. The molecule has 22 heavy (non-hydrogen) atoms. The molecule has 0 aliphatic rings. The zero-order chi connectivity index (χ0) is 16.1. The van der Waals surface area contributed by atoms with Gasteiger partial charge in [-0.05, 0) is 32.1 Å². The molecule has 0 saturated carbocycles. The highest BCUT2D eigenvalue weighted by Crippen LogP contribution is 2.22. The average Bonchev–Trinajstić information content (AvgIpc) is 2.98. The Hall–Kier alpha value is -1.69. The van der Waals surface area contributed by atoms with E-state index < -0.39 is 0 Å². The maximum Gasteiger partial charge on any atom is 0.291 e. The van der Waals surface area contributed by atoms with Gasteiger partial charge in [-0.2, -0.15) is 16.9 Å². The predicted molar refractivity (Wildman–Crippen MR) is 90.4 cm³/mol. The molecular weight excluding hydrogens is 298 g/mol. The normalized spacial score (nSPS) is 10.9. The third-order valence-electron chi connectivity index (χ3n) is 3.41. The molecule has 6 heteroatoms. The fourth-order valence-electron chi connectivity index (χ4n) is 2.11. The molecule has 0 aliphatic heterocycles. The lowest BCUT2D eigenvalue weighted by Gasteiger charge is -1.99. The molecule has 1 amide bonds. The summed E-state index contributed by atoms with van der Waals surface area (Å²) in [4.78, 5) is 12.3. The Morgan fingerprint density at radius 2 is 2.23 bits per heavy atom. The van der Waals surface area contributed by atoms with Crippen LogP contribution in [0.1, 0.15) is 47.3 Å². The highest BCUT2D eigenvalue weighted by molar-refractivity contribution is 7.98. The summed E-state index contributed by atoms with van der Waals surface area (Å²) in [5.74, 6) is 2.96. The van der Waals surface area contributed by atoms with Crippen LogP contribution in [0.5, 0.6) is 0 Å². The molecule has 0 aliphatic carbocycles. The Bertz CT molecular complexity index is 646. The van der Waals surface area contributed by atoms with Crippen LogP contribution >= 0.6 is 11.8 Å². The van der Waals surface area contributed by atoms with E-state index in [-0.39, 0.29) is 5.91 Å². The number of carbonyl (C=O) groups excluding carboxylic acids is 1. The molecular formula is C16H23N3O2S. The number of nitrogens with one attached hydrogen (secondary N) is 1. The van der Waals surface area contributed by atoms with Gasteiger partial charge in [0.15, 0.2) is 5.76 Å². The van der Waals surface area contributed by atoms with Crippen molar-refractivity contribution in [3.05, 3.63) is 35.0 Å². The summed E-state index contributed by atoms with van der Waals surface area (Å²) >= 11 is 1.87. The van der Waals surface area contributed by atoms with E-state index in [9.17, 15) is 4.79 Å². The first-order chi connectivity index (χ1) is 10.5. The van der Waals surface area contributed by atoms with Gasteiger partial charge in [0.1, 0.15) is 5.76 Å². The molecule has 0 saturated heterocycles. The largest absolute Gasteiger partial charge is 0.456 e. The van der Waals surface area contributed by atoms with Crippen molar-refractivity contribution in [2.75, 3.05) is 11.1 Å². The van der Waals surface area contributed by atoms with Crippen molar-refractivity contribution in [2.24, 2.45) is 7.05 Å². The standard InChI is InChI=1S/C16H23N3O2S/c1-5-6-7-22-10-13-8-15(21-12(13)3)16(20)17-14-9-19(4)18-11(14)2/h8-9H,5-7,10H2,1-4H3,(H,17,20). The van der Waals surface area contributed by atoms with Crippen molar-refractivity contribution in [1.29, 1.82) is 0 Å². The quantitative estimate of drug-likeness (QED) is 0.785. The highest BCUT2D eigenvalue weighted by atomic mass is 32.2. The van der Waals surface area contributed by atoms with E-state index >= 15 is 0 Å². The SMILES string of the molecule is CCCCSCc1cc(C(=O)Nc2cn(C)nc2C)oc1C. The molecule has 0 aromatic carbocycles. The van der Waals surface area contributed by atoms with Gasteiger partial charge < -0.3 is 9.73 Å². The average molecular weight is 321 g/mol. The number of amides is 1. The van der Waals surface area contributed by atoms with Crippen molar-refractivity contribution in [3.8, 4) is 0 Å². The van der Waals surface area contributed by atoms with Crippen LogP contribution in [-0.2, 0) is 12.8 Å². The van der Waals surface area contributed by atoms with Crippen molar-refractivity contribution < 1.29 is 9.21 Å². The molecule has 5 nitrogen and oxygen atoms in total. The highest BCUT2D eigenvalue weighted by Gasteiger charge is 2.16. The van der Waals surface area contributed by atoms with Crippen LogP contribution in [0.2, 0.25) is 0 Å². The van der Waals surface area contributed by atoms with E-state index in [1.165, 1.54) is 12.8 Å². The number of aryl methyl sites for hydroxylation is 3. The van der Waals surface area contributed by atoms with Gasteiger partial charge in [0.25, 0.3) is 5.91 Å². The van der Waals surface area contributed by atoms with Gasteiger partial charge in [-0.1, -0.05) is 13.3 Å². The number of hydrogen-bond acceptors (Lipinski definition) is 4. The first-order valence-corrected chi connectivity index (χ1v) is 8.65. The van der Waals surface area contributed by atoms with Crippen LogP contribution in [0.25, 0.3) is 0 Å². The van der Waals surface area contributed by atoms with Crippen molar-refractivity contribution >= 4 is 23.4 Å². The predicted octanol–water partition coefficient (Wildman–Crippen LogP) is 3.92. The number of anilines is 1. The molecule has 0 fully saturated rings. The lowest BCUT2D eigenvalue weighted by Crippen LogP contribution is -2.11. The van der Waals surface area contributed by atoms with Crippen LogP contribution < -0.4 is 5.32 Å². The molecule has 2 aromatic rings. The van der Waals surface area contributed by atoms with E-state index in [1.807, 2.05) is 38.7 Å². The first kappa shape index (κ1) is 16.7. The second-order valence-electron chi connectivity index (χ2n) is 5.35. The lowest BCUT2D eigenvalue weighted by atomic mass is 10.2. The summed E-state index contributed by atoms with van der Waals surface area (Å²) in [5, 5.41) is 7.05. The number of nitrogens with zero attached hydrogens (tertiary/aromatic N) is 2. The van der Waals surface area contributed by atoms with Gasteiger partial charge in [-0.15, -0.1) is 0 Å². The molecule has 120 valence electrons. The summed E-state index contributed by atoms with van der Waals surface area (Å²) in [6, 6.07) is 1.84. The van der Waals surface area contributed by atoms with Crippen LogP contribution in [-0.4, -0.2) is 21.4 Å². The second kappa shape index (κ2) is 7.54. The summed E-state index contributed by atoms with van der Waals surface area (Å²) in [6.07, 6.45) is 4.20. The number of rotatable bonds is 7. The van der Waals surface area contributed by atoms with E-state index in [2.05, 4.69) is 17.3 Å². The number of unbranched alkanes of at least 4 members (excludes halogenated alkanes) is 1. The Labute approximate surface area is 135 Å². The third kappa shape index (κ3) is 4.16. The minimum Gasteiger partial charge on any atom is -0.456 e. The molecule has 2 heterocycles. The molecule has 0 spiro atoms. The van der Waals surface area contributed by atoms with Gasteiger partial charge in [0, 0.05) is 24.6 Å². The van der Waals surface area contributed by atoms with E-state index in [1.54, 1.807) is 10.9 Å². The third-order valence-corrected chi connectivity index (χ3v) is 4.50. The fraction of sp³-hybridized carbons (Fsp3) is 0.500. The molecule has 0 radical (unpaired) electrons. The zero-order valence-corrected chi connectivity index (χ0v) is 14.4. The molecule has 0 unspecified atom stereocenters. The van der Waals surface area contributed by atoms with Crippen LogP contribution in [0.3, 0.4) is 0 Å². The van der Waals surface area contributed by atoms with Crippen LogP contribution in [0.4, 0.5) is 5.69 Å². The number of thioether (sulfide) groups is 1. The second-order valence-corrected chi connectivity index (χ2v) is 6.46. The van der Waals surface area contributed by atoms with Gasteiger partial charge in [-0.3, -0.25) is 9.48 Å². The fourth-order valence-corrected chi connectivity index (χ4v) is 3.25. The minimum atomic E-state index is -0.232. The Morgan fingerprint density at radius 1 is 1.45 bits per heavy atom. The maximum absolute atomic E-state index is 12.3. The van der Waals surface area contributed by atoms with Crippen molar-refractivity contribution in [3.63, 3.8) is 0 Å². The van der Waals surface area contributed by atoms with Crippen molar-refractivity contribution in [1.82, 2.24) is 9.78 Å². The van der Waals surface area contributed by atoms with Crippen LogP contribution in [0, 0.1) is 13.8 Å². The smallest absolute Gasteiger partial charge is 0.291 e. The topological polar surface area (TPSA) is 60.1 Å². The van der Waals surface area contributed by atoms with Gasteiger partial charge >= 0.3 is 0 Å². The summed E-state index contributed by atoms with van der Waals surface area (Å²) in [5.41, 5.74) is 2.59. The maximum atomic E-state index is 12.3. The molecule has 0 bridgehead atoms. The Kier molecular flexibility index (Phi) is 5.71. The number of carbonyl (C=O) groups is 1. The molecule has 2 rings (SSSR count). The van der Waals surface area contributed by atoms with Crippen molar-refractivity contribution in [2.45, 2.75) is 39.4 Å². The van der Waals surface area contributed by atoms with E-state index in [0.29, 0.717) is 11.4 Å². The lowest BCUT2D eigenvalue weighted by molar-refractivity contribution is 0.0995. The Balaban J connectivity index is 2.00. The molecule has 0 atom stereocenters. The summed E-state index contributed by atoms with van der Waals surface area (Å²) < 4.78 is 7.27. The van der Waals surface area contributed by atoms with Gasteiger partial charge in [0.05, 0.1) is 11.4 Å². The van der Waals surface area contributed by atoms with E-state index in [0.717, 1.165) is 28.5 Å². The molecule has 2 aromatic heterocycles. The zero-order valence-electron chi connectivity index (χ0n) is 13.6. The monoisotopic (exact) mass is 321 g/mol. The van der Waals surface area contributed by atoms with Gasteiger partial charge in [0.2, 0.25) is 0 Å². The number of hydrogen-bond donors (Lipinski definition) is 1. The number of furan rings is 1. The Morgan fingerprint density at radius 3 is 2.86 bits per heavy atom.